The van der Waals surface area contributed by atoms with E-state index in [0.29, 0.717) is 12.0 Å². The Kier molecular flexibility index (Phi) is 6.72. The van der Waals surface area contributed by atoms with Crippen LogP contribution in [0, 0.1) is 0 Å². The number of aliphatic hydroxyl groups is 1. The predicted octanol–water partition coefficient (Wildman–Crippen LogP) is 4.40. The molecule has 2 N–H and O–H groups in total. The summed E-state index contributed by atoms with van der Waals surface area (Å²) in [5.41, 5.74) is 1.32. The van der Waals surface area contributed by atoms with Crippen molar-refractivity contribution in [1.29, 1.82) is 0 Å². The summed E-state index contributed by atoms with van der Waals surface area (Å²) in [6, 6.07) is 9.24. The Morgan fingerprint density at radius 1 is 1.00 bits per heavy atom. The predicted molar refractivity (Wildman–Crippen MR) is 77.0 cm³/mol. The Morgan fingerprint density at radius 3 is 2.21 bits per heavy atom. The minimum Gasteiger partial charge on any atom is -0.502 e. The number of allylic oxidation sites excluding steroid dienone is 1. The summed E-state index contributed by atoms with van der Waals surface area (Å²) in [5.74, 6) is -1.78. The highest BCUT2D eigenvalue weighted by atomic mass is 16.4. The molecule has 0 aliphatic carbocycles. The summed E-state index contributed by atoms with van der Waals surface area (Å²) in [6.07, 6.45) is 6.12. The van der Waals surface area contributed by atoms with E-state index in [1.54, 1.807) is 0 Å². The Balaban J connectivity index is 2.73. The summed E-state index contributed by atoms with van der Waals surface area (Å²) >= 11 is 0. The van der Waals surface area contributed by atoms with Crippen LogP contribution in [0.15, 0.2) is 36.1 Å². The molecule has 0 radical (unpaired) electrons. The van der Waals surface area contributed by atoms with Crippen LogP contribution in [0.1, 0.15) is 51.0 Å². The van der Waals surface area contributed by atoms with Gasteiger partial charge in [0.25, 0.3) is 0 Å². The van der Waals surface area contributed by atoms with Crippen LogP contribution in [0.5, 0.6) is 0 Å². The maximum atomic E-state index is 10.9. The number of rotatable bonds is 8. The van der Waals surface area contributed by atoms with E-state index in [9.17, 15) is 9.90 Å². The SMILES string of the molecule is CCCCCCCC(=C(O)C(=O)O)c1ccccc1. The molecule has 104 valence electrons. The first-order valence-electron chi connectivity index (χ1n) is 6.87. The lowest BCUT2D eigenvalue weighted by Crippen LogP contribution is -2.03. The topological polar surface area (TPSA) is 57.5 Å². The first-order chi connectivity index (χ1) is 9.16. The van der Waals surface area contributed by atoms with Crippen molar-refractivity contribution < 1.29 is 15.0 Å². The fourth-order valence-corrected chi connectivity index (χ4v) is 2.07. The largest absolute Gasteiger partial charge is 0.502 e. The molecule has 0 saturated carbocycles. The number of hydrogen-bond acceptors (Lipinski definition) is 2. The molecule has 0 aromatic heterocycles. The van der Waals surface area contributed by atoms with Gasteiger partial charge in [0.1, 0.15) is 0 Å². The van der Waals surface area contributed by atoms with Crippen LogP contribution in [0.3, 0.4) is 0 Å². The van der Waals surface area contributed by atoms with E-state index in [-0.39, 0.29) is 0 Å². The van der Waals surface area contributed by atoms with E-state index in [1.807, 2.05) is 30.3 Å². The van der Waals surface area contributed by atoms with Crippen LogP contribution in [0.2, 0.25) is 0 Å². The van der Waals surface area contributed by atoms with Gasteiger partial charge < -0.3 is 10.2 Å². The smallest absolute Gasteiger partial charge is 0.371 e. The fraction of sp³-hybridized carbons (Fsp3) is 0.438. The first-order valence-corrected chi connectivity index (χ1v) is 6.87. The molecular weight excluding hydrogens is 240 g/mol. The van der Waals surface area contributed by atoms with Crippen LogP contribution in [-0.2, 0) is 4.79 Å². The lowest BCUT2D eigenvalue weighted by atomic mass is 9.98. The van der Waals surface area contributed by atoms with E-state index in [2.05, 4.69) is 6.92 Å². The zero-order valence-corrected chi connectivity index (χ0v) is 11.4. The molecule has 1 aromatic rings. The average Bonchev–Trinajstić information content (AvgIpc) is 2.43. The fourth-order valence-electron chi connectivity index (χ4n) is 2.07. The molecule has 0 bridgehead atoms. The molecule has 0 saturated heterocycles. The molecule has 0 atom stereocenters. The monoisotopic (exact) mass is 262 g/mol. The molecule has 0 amide bonds. The Hall–Kier alpha value is -1.77. The molecule has 1 rings (SSSR count). The van der Waals surface area contributed by atoms with Crippen molar-refractivity contribution in [3.05, 3.63) is 41.7 Å². The number of carboxylic acids is 1. The minimum absolute atomic E-state index is 0.526. The van der Waals surface area contributed by atoms with Crippen LogP contribution in [0.4, 0.5) is 0 Å². The zero-order chi connectivity index (χ0) is 14.1. The summed E-state index contributed by atoms with van der Waals surface area (Å²) in [6.45, 7) is 2.16. The highest BCUT2D eigenvalue weighted by Crippen LogP contribution is 2.24. The molecule has 0 heterocycles. The number of aliphatic carboxylic acids is 1. The number of hydrogen-bond donors (Lipinski definition) is 2. The van der Waals surface area contributed by atoms with Crippen LogP contribution < -0.4 is 0 Å². The summed E-state index contributed by atoms with van der Waals surface area (Å²) in [5, 5.41) is 18.7. The molecule has 19 heavy (non-hydrogen) atoms. The van der Waals surface area contributed by atoms with E-state index in [4.69, 9.17) is 5.11 Å². The number of aliphatic hydroxyl groups excluding tert-OH is 1. The van der Waals surface area contributed by atoms with Crippen molar-refractivity contribution in [1.82, 2.24) is 0 Å². The summed E-state index contributed by atoms with van der Waals surface area (Å²) in [7, 11) is 0. The van der Waals surface area contributed by atoms with Gasteiger partial charge >= 0.3 is 5.97 Å². The average molecular weight is 262 g/mol. The zero-order valence-electron chi connectivity index (χ0n) is 11.4. The number of benzene rings is 1. The van der Waals surface area contributed by atoms with Gasteiger partial charge in [0.2, 0.25) is 5.76 Å². The van der Waals surface area contributed by atoms with Crippen molar-refractivity contribution in [2.24, 2.45) is 0 Å². The van der Waals surface area contributed by atoms with Crippen molar-refractivity contribution in [3.8, 4) is 0 Å². The van der Waals surface area contributed by atoms with E-state index < -0.39 is 11.7 Å². The van der Waals surface area contributed by atoms with Gasteiger partial charge in [-0.3, -0.25) is 0 Å². The Bertz CT molecular complexity index is 421. The van der Waals surface area contributed by atoms with Crippen LogP contribution >= 0.6 is 0 Å². The van der Waals surface area contributed by atoms with E-state index in [0.717, 1.165) is 24.8 Å². The molecule has 1 aromatic carbocycles. The lowest BCUT2D eigenvalue weighted by Gasteiger charge is -2.09. The molecule has 0 fully saturated rings. The highest BCUT2D eigenvalue weighted by molar-refractivity contribution is 5.93. The normalized spacial score (nSPS) is 12.1. The van der Waals surface area contributed by atoms with Crippen LogP contribution in [-0.4, -0.2) is 16.2 Å². The third-order valence-corrected chi connectivity index (χ3v) is 3.14. The van der Waals surface area contributed by atoms with Crippen molar-refractivity contribution in [2.75, 3.05) is 0 Å². The highest BCUT2D eigenvalue weighted by Gasteiger charge is 2.14. The van der Waals surface area contributed by atoms with Gasteiger partial charge in [-0.2, -0.15) is 0 Å². The second-order valence-corrected chi connectivity index (χ2v) is 4.66. The minimum atomic E-state index is -1.26. The molecule has 0 aliphatic rings. The Labute approximate surface area is 114 Å². The quantitative estimate of drug-likeness (QED) is 0.414. The third kappa shape index (κ3) is 5.16. The molecule has 3 heteroatoms. The van der Waals surface area contributed by atoms with E-state index in [1.165, 1.54) is 12.8 Å². The maximum absolute atomic E-state index is 10.9. The summed E-state index contributed by atoms with van der Waals surface area (Å²) < 4.78 is 0. The number of carboxylic acid groups (broad SMARTS) is 1. The van der Waals surface area contributed by atoms with Crippen molar-refractivity contribution >= 4 is 11.5 Å². The molecule has 3 nitrogen and oxygen atoms in total. The standard InChI is InChI=1S/C16H22O3/c1-2-3-4-5-9-12-14(15(17)16(18)19)13-10-7-6-8-11-13/h6-8,10-11,17H,2-5,9,12H2,1H3,(H,18,19). The third-order valence-electron chi connectivity index (χ3n) is 3.14. The van der Waals surface area contributed by atoms with Crippen LogP contribution in [0.25, 0.3) is 5.57 Å². The van der Waals surface area contributed by atoms with Gasteiger partial charge in [0.05, 0.1) is 0 Å². The van der Waals surface area contributed by atoms with Crippen molar-refractivity contribution in [3.63, 3.8) is 0 Å². The molecular formula is C16H22O3. The second kappa shape index (κ2) is 8.35. The summed E-state index contributed by atoms with van der Waals surface area (Å²) in [4.78, 5) is 10.9. The number of unbranched alkanes of at least 4 members (excludes halogenated alkanes) is 4. The van der Waals surface area contributed by atoms with Gasteiger partial charge in [0.15, 0.2) is 0 Å². The second-order valence-electron chi connectivity index (χ2n) is 4.66. The first kappa shape index (κ1) is 15.3. The molecule has 0 unspecified atom stereocenters. The van der Waals surface area contributed by atoms with Gasteiger partial charge in [0, 0.05) is 5.57 Å². The molecule has 0 spiro atoms. The van der Waals surface area contributed by atoms with Gasteiger partial charge in [-0.1, -0.05) is 62.9 Å². The van der Waals surface area contributed by atoms with Gasteiger partial charge in [-0.25, -0.2) is 4.79 Å². The number of carbonyl (C=O) groups is 1. The Morgan fingerprint density at radius 2 is 1.63 bits per heavy atom. The van der Waals surface area contributed by atoms with Crippen molar-refractivity contribution in [2.45, 2.75) is 45.4 Å². The van der Waals surface area contributed by atoms with Gasteiger partial charge in [-0.15, -0.1) is 0 Å². The molecule has 0 aliphatic heterocycles. The maximum Gasteiger partial charge on any atom is 0.371 e. The van der Waals surface area contributed by atoms with E-state index >= 15 is 0 Å². The van der Waals surface area contributed by atoms with Gasteiger partial charge in [-0.05, 0) is 18.4 Å². The lowest BCUT2D eigenvalue weighted by molar-refractivity contribution is -0.135.